The molecule has 0 aromatic heterocycles. The van der Waals surface area contributed by atoms with Gasteiger partial charge in [0.15, 0.2) is 0 Å². The lowest BCUT2D eigenvalue weighted by Gasteiger charge is -2.26. The zero-order valence-electron chi connectivity index (χ0n) is 16.0. The Bertz CT molecular complexity index is 861. The first kappa shape index (κ1) is 19.0. The van der Waals surface area contributed by atoms with Crippen molar-refractivity contribution < 1.29 is 19.7 Å². The van der Waals surface area contributed by atoms with Gasteiger partial charge in [-0.05, 0) is 50.5 Å². The van der Waals surface area contributed by atoms with Gasteiger partial charge in [-0.25, -0.2) is 0 Å². The summed E-state index contributed by atoms with van der Waals surface area (Å²) in [6, 6.07) is 6.08. The highest BCUT2D eigenvalue weighted by atomic mass is 79.9. The summed E-state index contributed by atoms with van der Waals surface area (Å²) in [7, 11) is 0. The SMILES string of the molecule is CC(O)COc1c2c(c(OCC(C)O)c3c(Br)cccc13)C1CCC2C1C. The van der Waals surface area contributed by atoms with E-state index in [4.69, 9.17) is 9.47 Å². The Balaban J connectivity index is 1.98. The first-order valence-corrected chi connectivity index (χ1v) is 10.6. The van der Waals surface area contributed by atoms with Crippen LogP contribution in [0.15, 0.2) is 22.7 Å². The number of ether oxygens (including phenoxy) is 2. The zero-order chi connectivity index (χ0) is 19.3. The number of aliphatic hydroxyl groups is 2. The lowest BCUT2D eigenvalue weighted by atomic mass is 9.87. The Morgan fingerprint density at radius 2 is 1.56 bits per heavy atom. The Labute approximate surface area is 168 Å². The maximum absolute atomic E-state index is 9.80. The van der Waals surface area contributed by atoms with Crippen LogP contribution in [-0.4, -0.2) is 35.6 Å². The second kappa shape index (κ2) is 7.26. The molecule has 27 heavy (non-hydrogen) atoms. The van der Waals surface area contributed by atoms with Crippen molar-refractivity contribution in [2.45, 2.75) is 57.7 Å². The molecule has 0 spiro atoms. The van der Waals surface area contributed by atoms with Gasteiger partial charge in [-0.15, -0.1) is 0 Å². The summed E-state index contributed by atoms with van der Waals surface area (Å²) in [6.45, 7) is 6.34. The van der Waals surface area contributed by atoms with Crippen molar-refractivity contribution in [2.75, 3.05) is 13.2 Å². The number of benzene rings is 2. The van der Waals surface area contributed by atoms with Crippen LogP contribution in [0.3, 0.4) is 0 Å². The molecule has 0 radical (unpaired) electrons. The van der Waals surface area contributed by atoms with E-state index in [2.05, 4.69) is 28.9 Å². The monoisotopic (exact) mass is 434 g/mol. The molecule has 0 saturated heterocycles. The molecule has 5 heteroatoms. The predicted octanol–water partition coefficient (Wildman–Crippen LogP) is 4.73. The van der Waals surface area contributed by atoms with E-state index < -0.39 is 12.2 Å². The molecule has 2 aromatic carbocycles. The third kappa shape index (κ3) is 3.14. The molecule has 2 aromatic rings. The van der Waals surface area contributed by atoms with Crippen LogP contribution < -0.4 is 9.47 Å². The highest BCUT2D eigenvalue weighted by Crippen LogP contribution is 2.64. The fourth-order valence-corrected chi connectivity index (χ4v) is 5.44. The summed E-state index contributed by atoms with van der Waals surface area (Å²) >= 11 is 3.70. The number of aliphatic hydroxyl groups excluding tert-OH is 2. The van der Waals surface area contributed by atoms with E-state index in [0.29, 0.717) is 17.8 Å². The van der Waals surface area contributed by atoms with Gasteiger partial charge in [0.2, 0.25) is 0 Å². The van der Waals surface area contributed by atoms with Crippen molar-refractivity contribution in [3.8, 4) is 11.5 Å². The first-order chi connectivity index (χ1) is 12.9. The quantitative estimate of drug-likeness (QED) is 0.689. The highest BCUT2D eigenvalue weighted by Gasteiger charge is 2.48. The normalized spacial score (nSPS) is 25.5. The standard InChI is InChI=1S/C22H27BrO4/c1-11(24)9-26-21-16-5-4-6-17(23)18(16)22(27-10-12(2)25)20-15-8-7-14(13(15)3)19(20)21/h4-6,11-15,24-25H,7-10H2,1-3H3. The van der Waals surface area contributed by atoms with Gasteiger partial charge in [-0.3, -0.25) is 0 Å². The molecule has 1 saturated carbocycles. The predicted molar refractivity (Wildman–Crippen MR) is 110 cm³/mol. The molecule has 4 rings (SSSR count). The summed E-state index contributed by atoms with van der Waals surface area (Å²) in [5.74, 6) is 3.26. The molecule has 2 N–H and O–H groups in total. The molecule has 5 atom stereocenters. The van der Waals surface area contributed by atoms with Gasteiger partial charge in [0.1, 0.15) is 24.7 Å². The Kier molecular flexibility index (Phi) is 5.12. The molecule has 0 amide bonds. The first-order valence-electron chi connectivity index (χ1n) is 9.79. The maximum atomic E-state index is 9.80. The van der Waals surface area contributed by atoms with Crippen LogP contribution in [0.4, 0.5) is 0 Å². The van der Waals surface area contributed by atoms with Crippen LogP contribution >= 0.6 is 15.9 Å². The minimum absolute atomic E-state index is 0.266. The second-order valence-electron chi connectivity index (χ2n) is 8.12. The second-order valence-corrected chi connectivity index (χ2v) is 8.97. The zero-order valence-corrected chi connectivity index (χ0v) is 17.6. The highest BCUT2D eigenvalue weighted by molar-refractivity contribution is 9.10. The molecule has 2 aliphatic rings. The topological polar surface area (TPSA) is 58.9 Å². The maximum Gasteiger partial charge on any atom is 0.132 e. The molecule has 2 aliphatic carbocycles. The van der Waals surface area contributed by atoms with Gasteiger partial charge in [0.05, 0.1) is 12.2 Å². The summed E-state index contributed by atoms with van der Waals surface area (Å²) in [5.41, 5.74) is 2.50. The lowest BCUT2D eigenvalue weighted by molar-refractivity contribution is 0.120. The van der Waals surface area contributed by atoms with Gasteiger partial charge in [-0.2, -0.15) is 0 Å². The summed E-state index contributed by atoms with van der Waals surface area (Å²) in [5, 5.41) is 21.6. The minimum Gasteiger partial charge on any atom is -0.490 e. The molecule has 1 fully saturated rings. The van der Waals surface area contributed by atoms with Crippen LogP contribution in [0.5, 0.6) is 11.5 Å². The van der Waals surface area contributed by atoms with Crippen molar-refractivity contribution in [2.24, 2.45) is 5.92 Å². The van der Waals surface area contributed by atoms with Gasteiger partial charge < -0.3 is 19.7 Å². The molecule has 146 valence electrons. The molecule has 0 heterocycles. The van der Waals surface area contributed by atoms with Crippen LogP contribution in [0, 0.1) is 5.92 Å². The van der Waals surface area contributed by atoms with E-state index >= 15 is 0 Å². The van der Waals surface area contributed by atoms with Gasteiger partial charge >= 0.3 is 0 Å². The van der Waals surface area contributed by atoms with E-state index in [0.717, 1.165) is 33.2 Å². The molecule has 4 nitrogen and oxygen atoms in total. The Hall–Kier alpha value is -1.30. The van der Waals surface area contributed by atoms with Crippen LogP contribution in [0.25, 0.3) is 10.8 Å². The molecule has 2 bridgehead atoms. The van der Waals surface area contributed by atoms with Gasteiger partial charge in [0, 0.05) is 26.4 Å². The number of rotatable bonds is 6. The third-order valence-corrected chi connectivity index (χ3v) is 6.66. The number of hydrogen-bond donors (Lipinski definition) is 2. The smallest absolute Gasteiger partial charge is 0.132 e. The third-order valence-electron chi connectivity index (χ3n) is 6.00. The van der Waals surface area contributed by atoms with Crippen LogP contribution in [0.2, 0.25) is 0 Å². The Morgan fingerprint density at radius 3 is 2.15 bits per heavy atom. The Morgan fingerprint density at radius 1 is 1.00 bits per heavy atom. The minimum atomic E-state index is -0.527. The van der Waals surface area contributed by atoms with Gasteiger partial charge in [-0.1, -0.05) is 35.0 Å². The number of hydrogen-bond acceptors (Lipinski definition) is 4. The van der Waals surface area contributed by atoms with E-state index in [1.165, 1.54) is 17.5 Å². The molecule has 0 aliphatic heterocycles. The van der Waals surface area contributed by atoms with E-state index in [9.17, 15) is 10.2 Å². The summed E-state index contributed by atoms with van der Waals surface area (Å²) < 4.78 is 13.3. The van der Waals surface area contributed by atoms with Crippen molar-refractivity contribution in [3.05, 3.63) is 33.8 Å². The molecule has 5 unspecified atom stereocenters. The molecular formula is C22H27BrO4. The van der Waals surface area contributed by atoms with Crippen molar-refractivity contribution >= 4 is 26.7 Å². The van der Waals surface area contributed by atoms with E-state index in [1.807, 2.05) is 12.1 Å². The van der Waals surface area contributed by atoms with Crippen LogP contribution in [-0.2, 0) is 0 Å². The van der Waals surface area contributed by atoms with Gasteiger partial charge in [0.25, 0.3) is 0 Å². The number of fused-ring (bicyclic) bond motifs is 6. The summed E-state index contributed by atoms with van der Waals surface area (Å²) in [6.07, 6.45) is 1.28. The van der Waals surface area contributed by atoms with Crippen LogP contribution in [0.1, 0.15) is 56.6 Å². The van der Waals surface area contributed by atoms with E-state index in [-0.39, 0.29) is 13.2 Å². The van der Waals surface area contributed by atoms with Crippen molar-refractivity contribution in [1.29, 1.82) is 0 Å². The fraction of sp³-hybridized carbons (Fsp3) is 0.545. The van der Waals surface area contributed by atoms with E-state index in [1.54, 1.807) is 13.8 Å². The van der Waals surface area contributed by atoms with Crippen molar-refractivity contribution in [1.82, 2.24) is 0 Å². The lowest BCUT2D eigenvalue weighted by Crippen LogP contribution is -2.17. The largest absolute Gasteiger partial charge is 0.490 e. The van der Waals surface area contributed by atoms with Crippen molar-refractivity contribution in [3.63, 3.8) is 0 Å². The summed E-state index contributed by atoms with van der Waals surface area (Å²) in [4.78, 5) is 0. The average Bonchev–Trinajstić information content (AvgIpc) is 3.11. The molecular weight excluding hydrogens is 408 g/mol. The fourth-order valence-electron chi connectivity index (χ4n) is 4.90. The number of halogens is 1. The average molecular weight is 435 g/mol.